The third kappa shape index (κ3) is 4.12. The summed E-state index contributed by atoms with van der Waals surface area (Å²) in [6.45, 7) is 3.30. The molecule has 2 aliphatic heterocycles. The summed E-state index contributed by atoms with van der Waals surface area (Å²) in [5.41, 5.74) is 0.0664. The van der Waals surface area contributed by atoms with E-state index in [-0.39, 0.29) is 30.4 Å². The summed E-state index contributed by atoms with van der Waals surface area (Å²) < 4.78 is 37.8. The summed E-state index contributed by atoms with van der Waals surface area (Å²) in [6.07, 6.45) is -3.64. The smallest absolute Gasteiger partial charge is 0.352 e. The number of amides is 2. The fourth-order valence-electron chi connectivity index (χ4n) is 3.61. The average Bonchev–Trinajstić information content (AvgIpc) is 2.89. The Kier molecular flexibility index (Phi) is 4.73. The van der Waals surface area contributed by atoms with E-state index in [1.165, 1.54) is 19.1 Å². The van der Waals surface area contributed by atoms with Crippen LogP contribution < -0.4 is 5.32 Å². The summed E-state index contributed by atoms with van der Waals surface area (Å²) in [5, 5.41) is 2.85. The summed E-state index contributed by atoms with van der Waals surface area (Å²) in [4.78, 5) is 27.2. The zero-order valence-electron chi connectivity index (χ0n) is 13.8. The van der Waals surface area contributed by atoms with Gasteiger partial charge in [0.2, 0.25) is 11.8 Å². The number of fused-ring (bicyclic) bond motifs is 1. The Bertz CT molecular complexity index is 660. The first kappa shape index (κ1) is 17.7. The SMILES string of the molecule is CC(=O)NC1CC2CN(Cc3ccc(C(F)(F)F)cc3)CC(=O)N2C1. The van der Waals surface area contributed by atoms with Crippen LogP contribution in [0.3, 0.4) is 0 Å². The third-order valence-electron chi connectivity index (χ3n) is 4.66. The number of hydrogen-bond acceptors (Lipinski definition) is 3. The number of nitrogens with one attached hydrogen (secondary N) is 1. The van der Waals surface area contributed by atoms with E-state index in [0.29, 0.717) is 26.1 Å². The quantitative estimate of drug-likeness (QED) is 0.897. The summed E-state index contributed by atoms with van der Waals surface area (Å²) in [6, 6.07) is 5.04. The largest absolute Gasteiger partial charge is 0.416 e. The molecule has 0 bridgehead atoms. The zero-order valence-corrected chi connectivity index (χ0v) is 13.8. The first-order chi connectivity index (χ1) is 11.7. The molecule has 2 heterocycles. The zero-order chi connectivity index (χ0) is 18.2. The van der Waals surface area contributed by atoms with Gasteiger partial charge in [-0.25, -0.2) is 0 Å². The highest BCUT2D eigenvalue weighted by Crippen LogP contribution is 2.29. The highest BCUT2D eigenvalue weighted by Gasteiger charge is 2.40. The van der Waals surface area contributed by atoms with E-state index in [4.69, 9.17) is 0 Å². The lowest BCUT2D eigenvalue weighted by atomic mass is 10.1. The van der Waals surface area contributed by atoms with Crippen LogP contribution >= 0.6 is 0 Å². The molecule has 1 N–H and O–H groups in total. The monoisotopic (exact) mass is 355 g/mol. The molecule has 2 amide bonds. The van der Waals surface area contributed by atoms with Gasteiger partial charge in [0.15, 0.2) is 0 Å². The van der Waals surface area contributed by atoms with Crippen molar-refractivity contribution in [2.45, 2.75) is 38.1 Å². The van der Waals surface area contributed by atoms with Crippen LogP contribution in [-0.2, 0) is 22.3 Å². The van der Waals surface area contributed by atoms with Crippen LogP contribution in [0.1, 0.15) is 24.5 Å². The van der Waals surface area contributed by atoms with Crippen molar-refractivity contribution in [3.05, 3.63) is 35.4 Å². The van der Waals surface area contributed by atoms with Crippen LogP contribution in [0.25, 0.3) is 0 Å². The number of carbonyl (C=O) groups is 2. The predicted octanol–water partition coefficient (Wildman–Crippen LogP) is 1.63. The van der Waals surface area contributed by atoms with Gasteiger partial charge in [0, 0.05) is 38.6 Å². The summed E-state index contributed by atoms with van der Waals surface area (Å²) >= 11 is 0. The lowest BCUT2D eigenvalue weighted by Gasteiger charge is -2.36. The minimum atomic E-state index is -4.34. The molecule has 8 heteroatoms. The van der Waals surface area contributed by atoms with Gasteiger partial charge in [0.05, 0.1) is 12.1 Å². The van der Waals surface area contributed by atoms with E-state index in [0.717, 1.165) is 17.7 Å². The highest BCUT2D eigenvalue weighted by molar-refractivity contribution is 5.80. The Labute approximate surface area is 143 Å². The van der Waals surface area contributed by atoms with Crippen LogP contribution in [0.2, 0.25) is 0 Å². The molecule has 2 aliphatic rings. The number of benzene rings is 1. The Morgan fingerprint density at radius 1 is 1.24 bits per heavy atom. The minimum Gasteiger partial charge on any atom is -0.352 e. The van der Waals surface area contributed by atoms with Crippen molar-refractivity contribution in [3.63, 3.8) is 0 Å². The maximum atomic E-state index is 12.6. The summed E-state index contributed by atoms with van der Waals surface area (Å²) in [5.74, 6) is -0.116. The van der Waals surface area contributed by atoms with Crippen LogP contribution in [0, 0.1) is 0 Å². The minimum absolute atomic E-state index is 0.00369. The second kappa shape index (κ2) is 6.67. The first-order valence-electron chi connectivity index (χ1n) is 8.17. The molecule has 25 heavy (non-hydrogen) atoms. The molecule has 2 fully saturated rings. The molecule has 0 aromatic heterocycles. The molecule has 3 rings (SSSR count). The molecule has 1 aromatic rings. The van der Waals surface area contributed by atoms with Crippen molar-refractivity contribution >= 4 is 11.8 Å². The Balaban J connectivity index is 1.62. The van der Waals surface area contributed by atoms with Gasteiger partial charge in [-0.2, -0.15) is 13.2 Å². The first-order valence-corrected chi connectivity index (χ1v) is 8.17. The van der Waals surface area contributed by atoms with Crippen molar-refractivity contribution < 1.29 is 22.8 Å². The fraction of sp³-hybridized carbons (Fsp3) is 0.529. The van der Waals surface area contributed by atoms with Gasteiger partial charge in [0.1, 0.15) is 0 Å². The van der Waals surface area contributed by atoms with Crippen molar-refractivity contribution in [3.8, 4) is 0 Å². The molecule has 2 saturated heterocycles. The van der Waals surface area contributed by atoms with Gasteiger partial charge in [-0.05, 0) is 24.1 Å². The molecule has 0 saturated carbocycles. The highest BCUT2D eigenvalue weighted by atomic mass is 19.4. The number of nitrogens with zero attached hydrogens (tertiary/aromatic N) is 2. The van der Waals surface area contributed by atoms with Crippen molar-refractivity contribution in [2.75, 3.05) is 19.6 Å². The molecule has 0 radical (unpaired) electrons. The molecule has 0 aliphatic carbocycles. The lowest BCUT2D eigenvalue weighted by Crippen LogP contribution is -2.53. The number of piperazine rings is 1. The standard InChI is InChI=1S/C17H20F3N3O2/c1-11(24)21-14-6-15-9-22(10-16(25)23(15)8-14)7-12-2-4-13(5-3-12)17(18,19)20/h2-5,14-15H,6-10H2,1H3,(H,21,24). The number of rotatable bonds is 3. The van der Waals surface area contributed by atoms with Crippen LogP contribution in [-0.4, -0.2) is 53.3 Å². The summed E-state index contributed by atoms with van der Waals surface area (Å²) in [7, 11) is 0. The Morgan fingerprint density at radius 2 is 1.92 bits per heavy atom. The molecule has 136 valence electrons. The van der Waals surface area contributed by atoms with E-state index < -0.39 is 11.7 Å². The molecule has 5 nitrogen and oxygen atoms in total. The Morgan fingerprint density at radius 3 is 2.52 bits per heavy atom. The van der Waals surface area contributed by atoms with Crippen LogP contribution in [0.5, 0.6) is 0 Å². The molecule has 2 atom stereocenters. The Hall–Kier alpha value is -2.09. The van der Waals surface area contributed by atoms with Gasteiger partial charge in [-0.15, -0.1) is 0 Å². The van der Waals surface area contributed by atoms with Gasteiger partial charge < -0.3 is 10.2 Å². The van der Waals surface area contributed by atoms with Crippen LogP contribution in [0.15, 0.2) is 24.3 Å². The van der Waals surface area contributed by atoms with E-state index in [2.05, 4.69) is 5.32 Å². The predicted molar refractivity (Wildman–Crippen MR) is 84.4 cm³/mol. The number of alkyl halides is 3. The fourth-order valence-corrected chi connectivity index (χ4v) is 3.61. The molecular formula is C17H20F3N3O2. The van der Waals surface area contributed by atoms with Crippen LogP contribution in [0.4, 0.5) is 13.2 Å². The molecule has 1 aromatic carbocycles. The lowest BCUT2D eigenvalue weighted by molar-refractivity contribution is -0.138. The number of halogens is 3. The maximum Gasteiger partial charge on any atom is 0.416 e. The van der Waals surface area contributed by atoms with E-state index in [1.807, 2.05) is 4.90 Å². The molecule has 2 unspecified atom stereocenters. The number of hydrogen-bond donors (Lipinski definition) is 1. The second-order valence-electron chi connectivity index (χ2n) is 6.70. The van der Waals surface area contributed by atoms with Crippen molar-refractivity contribution in [1.82, 2.24) is 15.1 Å². The number of carbonyl (C=O) groups excluding carboxylic acids is 2. The normalized spacial score (nSPS) is 24.3. The topological polar surface area (TPSA) is 52.7 Å². The van der Waals surface area contributed by atoms with E-state index in [9.17, 15) is 22.8 Å². The average molecular weight is 355 g/mol. The second-order valence-corrected chi connectivity index (χ2v) is 6.70. The molecular weight excluding hydrogens is 335 g/mol. The third-order valence-corrected chi connectivity index (χ3v) is 4.66. The van der Waals surface area contributed by atoms with Crippen molar-refractivity contribution in [1.29, 1.82) is 0 Å². The van der Waals surface area contributed by atoms with E-state index >= 15 is 0 Å². The van der Waals surface area contributed by atoms with E-state index in [1.54, 1.807) is 4.90 Å². The van der Waals surface area contributed by atoms with Gasteiger partial charge in [-0.1, -0.05) is 12.1 Å². The van der Waals surface area contributed by atoms with Gasteiger partial charge in [0.25, 0.3) is 0 Å². The van der Waals surface area contributed by atoms with Gasteiger partial charge >= 0.3 is 6.18 Å². The van der Waals surface area contributed by atoms with Gasteiger partial charge in [-0.3, -0.25) is 14.5 Å². The maximum absolute atomic E-state index is 12.6. The molecule has 0 spiro atoms. The van der Waals surface area contributed by atoms with Crippen molar-refractivity contribution in [2.24, 2.45) is 0 Å².